The molecule has 0 saturated carbocycles. The van der Waals surface area contributed by atoms with Gasteiger partial charge in [-0.25, -0.2) is 0 Å². The van der Waals surface area contributed by atoms with Crippen LogP contribution in [0.2, 0.25) is 0 Å². The fourth-order valence-corrected chi connectivity index (χ4v) is 3.89. The minimum atomic E-state index is 0.101. The van der Waals surface area contributed by atoms with Crippen molar-refractivity contribution in [3.63, 3.8) is 0 Å². The molecule has 1 saturated heterocycles. The van der Waals surface area contributed by atoms with Crippen molar-refractivity contribution in [2.75, 3.05) is 19.8 Å². The van der Waals surface area contributed by atoms with Gasteiger partial charge >= 0.3 is 0 Å². The summed E-state index contributed by atoms with van der Waals surface area (Å²) in [6, 6.07) is 12.2. The minimum absolute atomic E-state index is 0.101. The van der Waals surface area contributed by atoms with E-state index in [1.54, 1.807) is 0 Å². The van der Waals surface area contributed by atoms with Crippen molar-refractivity contribution >= 4 is 5.91 Å². The van der Waals surface area contributed by atoms with Crippen LogP contribution >= 0.6 is 0 Å². The number of nitrogens with zero attached hydrogens (tertiary/aromatic N) is 1. The van der Waals surface area contributed by atoms with Gasteiger partial charge in [0.05, 0.1) is 6.04 Å². The Morgan fingerprint density at radius 2 is 1.72 bits per heavy atom. The Bertz CT molecular complexity index is 795. The van der Waals surface area contributed by atoms with E-state index in [0.717, 1.165) is 53.1 Å². The van der Waals surface area contributed by atoms with Crippen LogP contribution in [0.15, 0.2) is 36.4 Å². The SMILES string of the molecule is Cc1cc(C)cc(C(=O)N2CCCC2c2ccc3c(c2)OCCO3)c1. The van der Waals surface area contributed by atoms with Gasteiger partial charge in [-0.1, -0.05) is 23.3 Å². The van der Waals surface area contributed by atoms with Crippen molar-refractivity contribution in [3.05, 3.63) is 58.7 Å². The lowest BCUT2D eigenvalue weighted by molar-refractivity contribution is 0.0735. The lowest BCUT2D eigenvalue weighted by Crippen LogP contribution is -2.30. The molecule has 25 heavy (non-hydrogen) atoms. The van der Waals surface area contributed by atoms with Gasteiger partial charge < -0.3 is 14.4 Å². The summed E-state index contributed by atoms with van der Waals surface area (Å²) >= 11 is 0. The average molecular weight is 337 g/mol. The molecule has 0 aliphatic carbocycles. The molecule has 1 amide bonds. The Labute approximate surface area is 148 Å². The van der Waals surface area contributed by atoms with E-state index in [1.165, 1.54) is 0 Å². The second kappa shape index (κ2) is 6.43. The highest BCUT2D eigenvalue weighted by Crippen LogP contribution is 2.38. The first-order valence-corrected chi connectivity index (χ1v) is 8.90. The molecule has 1 atom stereocenters. The van der Waals surface area contributed by atoms with Crippen LogP contribution in [0.4, 0.5) is 0 Å². The Morgan fingerprint density at radius 3 is 2.48 bits per heavy atom. The molecule has 4 heteroatoms. The quantitative estimate of drug-likeness (QED) is 0.830. The molecule has 0 spiro atoms. The van der Waals surface area contributed by atoms with Crippen LogP contribution in [0.3, 0.4) is 0 Å². The molecule has 0 radical (unpaired) electrons. The van der Waals surface area contributed by atoms with Gasteiger partial charge in [-0.3, -0.25) is 4.79 Å². The number of carbonyl (C=O) groups is 1. The zero-order chi connectivity index (χ0) is 17.4. The number of aryl methyl sites for hydroxylation is 2. The van der Waals surface area contributed by atoms with Gasteiger partial charge in [0.1, 0.15) is 13.2 Å². The monoisotopic (exact) mass is 337 g/mol. The molecule has 4 nitrogen and oxygen atoms in total. The predicted octanol–water partition coefficient (Wildman–Crippen LogP) is 4.05. The van der Waals surface area contributed by atoms with E-state index in [-0.39, 0.29) is 11.9 Å². The summed E-state index contributed by atoms with van der Waals surface area (Å²) in [5, 5.41) is 0. The maximum atomic E-state index is 13.1. The van der Waals surface area contributed by atoms with Crippen LogP contribution < -0.4 is 9.47 Å². The van der Waals surface area contributed by atoms with Gasteiger partial charge in [0.15, 0.2) is 11.5 Å². The third-order valence-electron chi connectivity index (χ3n) is 4.93. The second-order valence-corrected chi connectivity index (χ2v) is 6.94. The largest absolute Gasteiger partial charge is 0.486 e. The summed E-state index contributed by atoms with van der Waals surface area (Å²) < 4.78 is 11.3. The maximum absolute atomic E-state index is 13.1. The summed E-state index contributed by atoms with van der Waals surface area (Å²) in [5.74, 6) is 1.69. The Balaban J connectivity index is 1.63. The highest BCUT2D eigenvalue weighted by Gasteiger charge is 2.31. The topological polar surface area (TPSA) is 38.8 Å². The zero-order valence-electron chi connectivity index (χ0n) is 14.7. The van der Waals surface area contributed by atoms with Crippen molar-refractivity contribution in [1.29, 1.82) is 0 Å². The van der Waals surface area contributed by atoms with E-state index in [4.69, 9.17) is 9.47 Å². The molecule has 1 fully saturated rings. The fourth-order valence-electron chi connectivity index (χ4n) is 3.89. The van der Waals surface area contributed by atoms with E-state index >= 15 is 0 Å². The molecule has 2 aliphatic rings. The minimum Gasteiger partial charge on any atom is -0.486 e. The highest BCUT2D eigenvalue weighted by molar-refractivity contribution is 5.95. The third-order valence-corrected chi connectivity index (χ3v) is 4.93. The second-order valence-electron chi connectivity index (χ2n) is 6.94. The van der Waals surface area contributed by atoms with Gasteiger partial charge in [-0.05, 0) is 56.5 Å². The van der Waals surface area contributed by atoms with Crippen LogP contribution in [-0.2, 0) is 0 Å². The normalized spacial score (nSPS) is 19.1. The third kappa shape index (κ3) is 3.09. The van der Waals surface area contributed by atoms with Gasteiger partial charge in [-0.2, -0.15) is 0 Å². The molecule has 2 aromatic carbocycles. The number of hydrogen-bond acceptors (Lipinski definition) is 3. The van der Waals surface area contributed by atoms with E-state index < -0.39 is 0 Å². The molecule has 0 bridgehead atoms. The standard InChI is InChI=1S/C21H23NO3/c1-14-10-15(2)12-17(11-14)21(23)22-7-3-4-18(22)16-5-6-19-20(13-16)25-9-8-24-19/h5-6,10-13,18H,3-4,7-9H2,1-2H3. The van der Waals surface area contributed by atoms with Gasteiger partial charge in [0.25, 0.3) is 5.91 Å². The number of likely N-dealkylation sites (tertiary alicyclic amines) is 1. The van der Waals surface area contributed by atoms with Crippen molar-refractivity contribution < 1.29 is 14.3 Å². The number of ether oxygens (including phenoxy) is 2. The maximum Gasteiger partial charge on any atom is 0.254 e. The number of carbonyl (C=O) groups excluding carboxylic acids is 1. The molecular formula is C21H23NO3. The number of benzene rings is 2. The summed E-state index contributed by atoms with van der Waals surface area (Å²) in [6.45, 7) is 6.03. The predicted molar refractivity (Wildman–Crippen MR) is 96.4 cm³/mol. The van der Waals surface area contributed by atoms with Crippen LogP contribution in [-0.4, -0.2) is 30.6 Å². The molecule has 0 aromatic heterocycles. The summed E-state index contributed by atoms with van der Waals surface area (Å²) in [4.78, 5) is 15.1. The number of hydrogen-bond donors (Lipinski definition) is 0. The smallest absolute Gasteiger partial charge is 0.254 e. The Hall–Kier alpha value is -2.49. The van der Waals surface area contributed by atoms with Crippen molar-refractivity contribution in [2.24, 2.45) is 0 Å². The average Bonchev–Trinajstić information content (AvgIpc) is 3.09. The summed E-state index contributed by atoms with van der Waals surface area (Å²) in [6.07, 6.45) is 2.01. The summed E-state index contributed by atoms with van der Waals surface area (Å²) in [7, 11) is 0. The van der Waals surface area contributed by atoms with Crippen molar-refractivity contribution in [3.8, 4) is 11.5 Å². The van der Waals surface area contributed by atoms with Crippen LogP contribution in [0.1, 0.15) is 45.9 Å². The van der Waals surface area contributed by atoms with Crippen LogP contribution in [0, 0.1) is 13.8 Å². The Morgan fingerprint density at radius 1 is 1.00 bits per heavy atom. The number of rotatable bonds is 2. The van der Waals surface area contributed by atoms with Gasteiger partial charge in [0.2, 0.25) is 0 Å². The van der Waals surface area contributed by atoms with E-state index in [9.17, 15) is 4.79 Å². The fraction of sp³-hybridized carbons (Fsp3) is 0.381. The van der Waals surface area contributed by atoms with Crippen LogP contribution in [0.25, 0.3) is 0 Å². The van der Waals surface area contributed by atoms with Crippen molar-refractivity contribution in [1.82, 2.24) is 4.90 Å². The van der Waals surface area contributed by atoms with Crippen molar-refractivity contribution in [2.45, 2.75) is 32.7 Å². The zero-order valence-corrected chi connectivity index (χ0v) is 14.7. The van der Waals surface area contributed by atoms with E-state index in [0.29, 0.717) is 13.2 Å². The first kappa shape index (κ1) is 16.0. The first-order chi connectivity index (χ1) is 12.1. The summed E-state index contributed by atoms with van der Waals surface area (Å²) in [5.41, 5.74) is 4.15. The molecule has 2 aliphatic heterocycles. The highest BCUT2D eigenvalue weighted by atomic mass is 16.6. The number of fused-ring (bicyclic) bond motifs is 1. The van der Waals surface area contributed by atoms with E-state index in [2.05, 4.69) is 12.1 Å². The van der Waals surface area contributed by atoms with Crippen LogP contribution in [0.5, 0.6) is 11.5 Å². The molecule has 1 unspecified atom stereocenters. The molecular weight excluding hydrogens is 314 g/mol. The van der Waals surface area contributed by atoms with Gasteiger partial charge in [-0.15, -0.1) is 0 Å². The van der Waals surface area contributed by atoms with Gasteiger partial charge in [0, 0.05) is 12.1 Å². The molecule has 130 valence electrons. The van der Waals surface area contributed by atoms with E-state index in [1.807, 2.05) is 43.0 Å². The number of amides is 1. The Kier molecular flexibility index (Phi) is 4.12. The molecule has 2 aromatic rings. The molecule has 0 N–H and O–H groups in total. The molecule has 2 heterocycles. The lowest BCUT2D eigenvalue weighted by atomic mass is 10.0. The lowest BCUT2D eigenvalue weighted by Gasteiger charge is -2.27. The first-order valence-electron chi connectivity index (χ1n) is 8.90. The molecule has 4 rings (SSSR count).